The van der Waals surface area contributed by atoms with Crippen LogP contribution in [0.4, 0.5) is 61.5 Å². The minimum atomic E-state index is -3.47. The van der Waals surface area contributed by atoms with Crippen LogP contribution in [0.25, 0.3) is 32.3 Å². The second kappa shape index (κ2) is 15.9. The van der Waals surface area contributed by atoms with Gasteiger partial charge in [-0.15, -0.1) is 0 Å². The van der Waals surface area contributed by atoms with Crippen LogP contribution in [0.5, 0.6) is 0 Å². The Morgan fingerprint density at radius 1 is 0.321 bits per heavy atom. The molecule has 0 aliphatic heterocycles. The van der Waals surface area contributed by atoms with Gasteiger partial charge in [0.25, 0.3) is 0 Å². The van der Waals surface area contributed by atoms with Crippen molar-refractivity contribution in [3.8, 4) is 0 Å². The third-order valence-electron chi connectivity index (χ3n) is 10.1. The summed E-state index contributed by atoms with van der Waals surface area (Å²) in [6, 6.07) is 4.26. The molecule has 0 aliphatic rings. The fraction of sp³-hybridized carbons (Fsp3) is 0.405. The molecule has 0 aromatic heterocycles. The molecule has 288 valence electrons. The third-order valence-corrected chi connectivity index (χ3v) is 18.9. The molecule has 1 atom stereocenters. The summed E-state index contributed by atoms with van der Waals surface area (Å²) < 4.78 is 213. The highest BCUT2D eigenvalue weighted by Crippen LogP contribution is 2.49. The van der Waals surface area contributed by atoms with Gasteiger partial charge in [0.1, 0.15) is 0 Å². The number of hydrogen-bond acceptors (Lipinski definition) is 0. The van der Waals surface area contributed by atoms with Gasteiger partial charge < -0.3 is 0 Å². The van der Waals surface area contributed by atoms with E-state index in [1.807, 2.05) is 0 Å². The van der Waals surface area contributed by atoms with E-state index in [4.69, 9.17) is 0 Å². The highest BCUT2D eigenvalue weighted by molar-refractivity contribution is 7.73. The van der Waals surface area contributed by atoms with Gasteiger partial charge >= 0.3 is 0 Å². The van der Waals surface area contributed by atoms with Crippen molar-refractivity contribution in [1.82, 2.24) is 0 Å². The summed E-state index contributed by atoms with van der Waals surface area (Å²) in [6.07, 6.45) is 3.58. The molecule has 0 heterocycles. The maximum absolute atomic E-state index is 16.2. The Morgan fingerprint density at radius 2 is 0.642 bits per heavy atom. The first-order valence-electron chi connectivity index (χ1n) is 17.2. The van der Waals surface area contributed by atoms with Crippen molar-refractivity contribution in [1.29, 1.82) is 0 Å². The zero-order chi connectivity index (χ0) is 39.3. The maximum Gasteiger partial charge on any atom is 0.200 e. The van der Waals surface area contributed by atoms with E-state index in [2.05, 4.69) is 20.8 Å². The van der Waals surface area contributed by atoms with Gasteiger partial charge in [-0.05, 0) is 20.5 Å². The first-order valence-corrected chi connectivity index (χ1v) is 21.6. The Hall–Kier alpha value is -3.19. The van der Waals surface area contributed by atoms with E-state index in [1.54, 1.807) is 0 Å². The van der Waals surface area contributed by atoms with Gasteiger partial charge in [0, 0.05) is 21.5 Å². The van der Waals surface area contributed by atoms with E-state index >= 15 is 35.1 Å². The molecule has 0 radical (unpaired) electrons. The minimum Gasteiger partial charge on any atom is -0.203 e. The summed E-state index contributed by atoms with van der Waals surface area (Å²) in [5.74, 6) is -34.5. The molecule has 0 bridgehead atoms. The summed E-state index contributed by atoms with van der Waals surface area (Å²) >= 11 is 0. The fourth-order valence-corrected chi connectivity index (χ4v) is 16.4. The second-order valence-electron chi connectivity index (χ2n) is 13.4. The van der Waals surface area contributed by atoms with E-state index in [9.17, 15) is 26.3 Å². The van der Waals surface area contributed by atoms with Crippen molar-refractivity contribution in [2.75, 3.05) is 6.16 Å². The predicted octanol–water partition coefficient (Wildman–Crippen LogP) is 13.2. The zero-order valence-electron chi connectivity index (χ0n) is 28.7. The Morgan fingerprint density at radius 3 is 1.09 bits per heavy atom. The number of halogens is 14. The monoisotopic (exact) mass is 802 g/mol. The molecule has 5 aromatic rings. The molecule has 5 aromatic carbocycles. The molecule has 0 saturated carbocycles. The van der Waals surface area contributed by atoms with Crippen molar-refractivity contribution >= 4 is 58.9 Å². The Kier molecular flexibility index (Phi) is 12.3. The quantitative estimate of drug-likeness (QED) is 0.0188. The normalized spacial score (nSPS) is 13.1. The lowest BCUT2D eigenvalue weighted by Gasteiger charge is -2.31. The van der Waals surface area contributed by atoms with E-state index in [0.717, 1.165) is 43.4 Å². The molecule has 5 rings (SSSR count). The van der Waals surface area contributed by atoms with Gasteiger partial charge in [-0.3, -0.25) is 0 Å². The average molecular weight is 803 g/mol. The van der Waals surface area contributed by atoms with Gasteiger partial charge in [0.2, 0.25) is 5.82 Å². The SMILES string of the molecule is CCC[Si](CCC)(CCC)CCCCCCP(c1c(F)c(F)c(F)c(F)c1F)c1c(F)c(F)c2c(F)c(F)c3c(F)c(F)c(F)c4c(F)c(F)c1c2c34. The maximum atomic E-state index is 16.2. The molecule has 0 spiro atoms. The van der Waals surface area contributed by atoms with E-state index in [0.29, 0.717) is 12.8 Å². The van der Waals surface area contributed by atoms with Crippen molar-refractivity contribution < 1.29 is 61.5 Å². The molecule has 16 heteroatoms. The first kappa shape index (κ1) is 41.0. The smallest absolute Gasteiger partial charge is 0.200 e. The Labute approximate surface area is 297 Å². The average Bonchev–Trinajstić information content (AvgIpc) is 3.12. The summed E-state index contributed by atoms with van der Waals surface area (Å²) in [7, 11) is -5.11. The van der Waals surface area contributed by atoms with Crippen LogP contribution in [0.3, 0.4) is 0 Å². The van der Waals surface area contributed by atoms with Crippen LogP contribution in [-0.2, 0) is 0 Å². The fourth-order valence-electron chi connectivity index (χ4n) is 7.99. The Bertz CT molecular complexity index is 2130. The number of rotatable bonds is 15. The van der Waals surface area contributed by atoms with Crippen molar-refractivity contribution in [2.45, 2.75) is 89.9 Å². The lowest BCUT2D eigenvalue weighted by Crippen LogP contribution is -2.33. The van der Waals surface area contributed by atoms with E-state index in [-0.39, 0.29) is 12.8 Å². The molecule has 0 aliphatic carbocycles. The van der Waals surface area contributed by atoms with Crippen LogP contribution < -0.4 is 10.6 Å². The topological polar surface area (TPSA) is 0 Å². The van der Waals surface area contributed by atoms with Gasteiger partial charge in [-0.2, -0.15) is 0 Å². The number of unbranched alkanes of at least 4 members (excludes halogenated alkanes) is 3. The van der Waals surface area contributed by atoms with Crippen LogP contribution in [0.15, 0.2) is 0 Å². The Balaban J connectivity index is 1.74. The zero-order valence-corrected chi connectivity index (χ0v) is 30.6. The molecule has 0 amide bonds. The minimum absolute atomic E-state index is 0.153. The van der Waals surface area contributed by atoms with Gasteiger partial charge in [-0.1, -0.05) is 83.5 Å². The van der Waals surface area contributed by atoms with Gasteiger partial charge in [0.05, 0.1) is 29.5 Å². The molecule has 0 saturated heterocycles. The summed E-state index contributed by atoms with van der Waals surface area (Å²) in [6.45, 7) is 6.29. The highest BCUT2D eigenvalue weighted by atomic mass is 31.1. The third kappa shape index (κ3) is 6.65. The van der Waals surface area contributed by atoms with Crippen LogP contribution in [0, 0.1) is 81.4 Å². The lowest BCUT2D eigenvalue weighted by atomic mass is 9.91. The molecule has 0 N–H and O–H groups in total. The molecule has 0 nitrogen and oxygen atoms in total. The van der Waals surface area contributed by atoms with Crippen molar-refractivity contribution in [3.63, 3.8) is 0 Å². The second-order valence-corrected chi connectivity index (χ2v) is 20.6. The number of benzene rings is 5. The lowest BCUT2D eigenvalue weighted by molar-refractivity contribution is 0.384. The first-order chi connectivity index (χ1) is 25.0. The molecular weight excluding hydrogens is 769 g/mol. The van der Waals surface area contributed by atoms with Crippen LogP contribution >= 0.6 is 7.92 Å². The van der Waals surface area contributed by atoms with Crippen molar-refractivity contribution in [3.05, 3.63) is 81.4 Å². The molecule has 1 unspecified atom stereocenters. The van der Waals surface area contributed by atoms with E-state index < -0.39 is 147 Å². The van der Waals surface area contributed by atoms with Crippen LogP contribution in [-0.4, -0.2) is 14.2 Å². The van der Waals surface area contributed by atoms with Crippen molar-refractivity contribution in [2.24, 2.45) is 0 Å². The van der Waals surface area contributed by atoms with Gasteiger partial charge in [-0.25, -0.2) is 61.5 Å². The molecule has 0 fully saturated rings. The van der Waals surface area contributed by atoms with Crippen LogP contribution in [0.1, 0.15) is 65.7 Å². The van der Waals surface area contributed by atoms with Crippen LogP contribution in [0.2, 0.25) is 24.2 Å². The summed E-state index contributed by atoms with van der Waals surface area (Å²) in [5.41, 5.74) is 0. The van der Waals surface area contributed by atoms with E-state index in [1.165, 1.54) is 0 Å². The summed E-state index contributed by atoms with van der Waals surface area (Å²) in [5, 5.41) is -13.2. The summed E-state index contributed by atoms with van der Waals surface area (Å²) in [4.78, 5) is 0. The highest BCUT2D eigenvalue weighted by Gasteiger charge is 2.39. The number of hydrogen-bond donors (Lipinski definition) is 0. The predicted molar refractivity (Wildman–Crippen MR) is 181 cm³/mol. The largest absolute Gasteiger partial charge is 0.203 e. The molecular formula is C37H33F14PSi. The standard InChI is InChI=1S/C37H33F14PSi/c1-4-12-53(13-5-2,14-6-3)15-10-8-7-9-11-52(37-34(50)31(47)30(46)32(48)35(37)51)36-21-17-16-18(22(38)23(39)20(17)27(43)33(36)49)25(41)29(45)26(42)19(16)24(40)28(21)44/h4-15H2,1-3H3. The van der Waals surface area contributed by atoms with Gasteiger partial charge in [0.15, 0.2) is 75.6 Å². The molecule has 53 heavy (non-hydrogen) atoms.